The van der Waals surface area contributed by atoms with Gasteiger partial charge in [-0.2, -0.15) is 8.42 Å². The van der Waals surface area contributed by atoms with Crippen LogP contribution in [0.1, 0.15) is 49.9 Å². The van der Waals surface area contributed by atoms with Crippen molar-refractivity contribution in [1.82, 2.24) is 9.62 Å². The molecule has 0 aliphatic carbocycles. The van der Waals surface area contributed by atoms with Gasteiger partial charge in [-0.3, -0.25) is 13.8 Å². The standard InChI is InChI=1S/C16H28N2O8S.H2/c1-8-24-13(20)16(6,7)9-25-27(22,23)18-10(2)11(12(18)19)17-14(21)26-15(3,4)5;/h10-11H,8-9H2,1-7H3,(H,17,21);1H. The van der Waals surface area contributed by atoms with Gasteiger partial charge in [-0.25, -0.2) is 9.10 Å². The molecule has 1 aliphatic heterocycles. The van der Waals surface area contributed by atoms with Crippen molar-refractivity contribution in [2.24, 2.45) is 5.41 Å². The number of esters is 1. The third-order valence-corrected chi connectivity index (χ3v) is 5.06. The van der Waals surface area contributed by atoms with E-state index < -0.39 is 58.0 Å². The molecular formula is C16H30N2O8S. The van der Waals surface area contributed by atoms with Crippen LogP contribution in [0.5, 0.6) is 0 Å². The van der Waals surface area contributed by atoms with Gasteiger partial charge in [0, 0.05) is 1.43 Å². The van der Waals surface area contributed by atoms with Gasteiger partial charge in [-0.15, -0.1) is 0 Å². The first kappa shape index (κ1) is 23.2. The first-order valence-corrected chi connectivity index (χ1v) is 9.88. The summed E-state index contributed by atoms with van der Waals surface area (Å²) in [5.74, 6) is -1.46. The zero-order chi connectivity index (χ0) is 21.2. The Balaban J connectivity index is 0.00000729. The highest BCUT2D eigenvalue weighted by molar-refractivity contribution is 7.85. The van der Waals surface area contributed by atoms with E-state index in [-0.39, 0.29) is 8.03 Å². The highest BCUT2D eigenvalue weighted by Crippen LogP contribution is 2.27. The Labute approximate surface area is 161 Å². The molecule has 0 saturated carbocycles. The number of hydrogen-bond donors (Lipinski definition) is 1. The van der Waals surface area contributed by atoms with Crippen molar-refractivity contribution in [3.8, 4) is 0 Å². The number of alkyl carbamates (subject to hydrolysis) is 1. The molecule has 0 aromatic rings. The SMILES string of the molecule is CCOC(=O)C(C)(C)COS(=O)(=O)N1C(=O)C(NC(=O)OC(C)(C)C)C1C.[HH]. The van der Waals surface area contributed by atoms with Crippen molar-refractivity contribution in [1.29, 1.82) is 0 Å². The minimum absolute atomic E-state index is 0. The van der Waals surface area contributed by atoms with Crippen LogP contribution in [0.2, 0.25) is 0 Å². The largest absolute Gasteiger partial charge is 0.466 e. The van der Waals surface area contributed by atoms with Crippen LogP contribution >= 0.6 is 0 Å². The summed E-state index contributed by atoms with van der Waals surface area (Å²) >= 11 is 0. The Bertz CT molecular complexity index is 702. The third kappa shape index (κ3) is 5.80. The fraction of sp³-hybridized carbons (Fsp3) is 0.812. The van der Waals surface area contributed by atoms with E-state index in [0.717, 1.165) is 0 Å². The third-order valence-electron chi connectivity index (χ3n) is 3.65. The molecule has 1 fully saturated rings. The summed E-state index contributed by atoms with van der Waals surface area (Å²) in [6.45, 7) is 10.6. The number of ether oxygens (including phenoxy) is 2. The van der Waals surface area contributed by atoms with E-state index >= 15 is 0 Å². The summed E-state index contributed by atoms with van der Waals surface area (Å²) in [6.07, 6.45) is -0.825. The number of carbonyl (C=O) groups excluding carboxylic acids is 3. The van der Waals surface area contributed by atoms with Crippen LogP contribution in [0.15, 0.2) is 0 Å². The number of carbonyl (C=O) groups is 3. The lowest BCUT2D eigenvalue weighted by atomic mass is 9.95. The van der Waals surface area contributed by atoms with Crippen molar-refractivity contribution in [2.45, 2.75) is 66.2 Å². The van der Waals surface area contributed by atoms with E-state index in [4.69, 9.17) is 13.7 Å². The van der Waals surface area contributed by atoms with Gasteiger partial charge < -0.3 is 14.8 Å². The molecule has 0 aromatic carbocycles. The fourth-order valence-corrected chi connectivity index (χ4v) is 3.61. The Morgan fingerprint density at radius 1 is 1.22 bits per heavy atom. The molecule has 1 saturated heterocycles. The highest BCUT2D eigenvalue weighted by atomic mass is 32.2. The second-order valence-electron chi connectivity index (χ2n) is 7.82. The molecular weight excluding hydrogens is 380 g/mol. The molecule has 27 heavy (non-hydrogen) atoms. The zero-order valence-corrected chi connectivity index (χ0v) is 17.5. The average Bonchev–Trinajstić information content (AvgIpc) is 2.49. The van der Waals surface area contributed by atoms with Crippen LogP contribution in [-0.4, -0.2) is 61.6 Å². The molecule has 158 valence electrons. The van der Waals surface area contributed by atoms with Crippen LogP contribution < -0.4 is 5.32 Å². The fourth-order valence-electron chi connectivity index (χ4n) is 2.19. The zero-order valence-electron chi connectivity index (χ0n) is 16.7. The molecule has 0 radical (unpaired) electrons. The minimum atomic E-state index is -4.42. The van der Waals surface area contributed by atoms with E-state index in [9.17, 15) is 22.8 Å². The molecule has 2 unspecified atom stereocenters. The number of nitrogens with zero attached hydrogens (tertiary/aromatic N) is 1. The second kappa shape index (κ2) is 8.01. The minimum Gasteiger partial charge on any atom is -0.466 e. The van der Waals surface area contributed by atoms with Crippen LogP contribution in [0.4, 0.5) is 4.79 Å². The average molecular weight is 410 g/mol. The van der Waals surface area contributed by atoms with Gasteiger partial charge in [0.25, 0.3) is 5.91 Å². The molecule has 1 rings (SSSR count). The lowest BCUT2D eigenvalue weighted by Crippen LogP contribution is -2.71. The van der Waals surface area contributed by atoms with E-state index in [1.54, 1.807) is 27.7 Å². The number of hydrogen-bond acceptors (Lipinski definition) is 8. The Morgan fingerprint density at radius 3 is 2.22 bits per heavy atom. The number of rotatable bonds is 7. The van der Waals surface area contributed by atoms with E-state index in [2.05, 4.69) is 5.32 Å². The van der Waals surface area contributed by atoms with Gasteiger partial charge >= 0.3 is 22.4 Å². The number of β-lactam (4-membered cyclic amide) rings is 1. The van der Waals surface area contributed by atoms with Crippen molar-refractivity contribution in [3.05, 3.63) is 0 Å². The maximum Gasteiger partial charge on any atom is 0.408 e. The molecule has 10 nitrogen and oxygen atoms in total. The van der Waals surface area contributed by atoms with E-state index in [1.165, 1.54) is 20.8 Å². The van der Waals surface area contributed by atoms with Gasteiger partial charge in [0.1, 0.15) is 11.6 Å². The summed E-state index contributed by atoms with van der Waals surface area (Å²) in [5.41, 5.74) is -1.97. The Kier molecular flexibility index (Phi) is 6.87. The first-order valence-electron chi connectivity index (χ1n) is 8.52. The van der Waals surface area contributed by atoms with Gasteiger partial charge in [0.15, 0.2) is 0 Å². The maximum atomic E-state index is 12.3. The number of nitrogens with one attached hydrogen (secondary N) is 1. The predicted molar refractivity (Wildman–Crippen MR) is 96.9 cm³/mol. The van der Waals surface area contributed by atoms with Gasteiger partial charge in [0.2, 0.25) is 0 Å². The molecule has 1 aliphatic rings. The summed E-state index contributed by atoms with van der Waals surface area (Å²) < 4.78 is 39.9. The van der Waals surface area contributed by atoms with Crippen LogP contribution in [-0.2, 0) is 33.6 Å². The van der Waals surface area contributed by atoms with Crippen LogP contribution in [0, 0.1) is 5.41 Å². The quantitative estimate of drug-likeness (QED) is 0.490. The van der Waals surface area contributed by atoms with Crippen molar-refractivity contribution in [3.63, 3.8) is 0 Å². The topological polar surface area (TPSA) is 128 Å². The molecule has 1 N–H and O–H groups in total. The van der Waals surface area contributed by atoms with Crippen molar-refractivity contribution in [2.75, 3.05) is 13.2 Å². The van der Waals surface area contributed by atoms with Gasteiger partial charge in [-0.1, -0.05) is 0 Å². The summed E-state index contributed by atoms with van der Waals surface area (Å²) in [6, 6.07) is -1.91. The van der Waals surface area contributed by atoms with Gasteiger partial charge in [-0.05, 0) is 48.5 Å². The molecule has 11 heteroatoms. The van der Waals surface area contributed by atoms with Crippen molar-refractivity contribution < 1.29 is 37.9 Å². The highest BCUT2D eigenvalue weighted by Gasteiger charge is 2.53. The number of amides is 2. The van der Waals surface area contributed by atoms with Crippen LogP contribution in [0.25, 0.3) is 0 Å². The molecule has 0 spiro atoms. The van der Waals surface area contributed by atoms with Crippen molar-refractivity contribution >= 4 is 28.3 Å². The molecule has 0 bridgehead atoms. The lowest BCUT2D eigenvalue weighted by molar-refractivity contribution is -0.155. The second-order valence-corrected chi connectivity index (χ2v) is 9.31. The Hall–Kier alpha value is -1.88. The first-order chi connectivity index (χ1) is 12.1. The molecule has 2 atom stereocenters. The smallest absolute Gasteiger partial charge is 0.408 e. The van der Waals surface area contributed by atoms with Crippen LogP contribution in [0.3, 0.4) is 0 Å². The molecule has 0 aromatic heterocycles. The Morgan fingerprint density at radius 2 is 1.78 bits per heavy atom. The predicted octanol–water partition coefficient (Wildman–Crippen LogP) is 1.21. The summed E-state index contributed by atoms with van der Waals surface area (Å²) in [5, 5.41) is 2.34. The maximum absolute atomic E-state index is 12.3. The monoisotopic (exact) mass is 410 g/mol. The lowest BCUT2D eigenvalue weighted by Gasteiger charge is -2.43. The van der Waals surface area contributed by atoms with E-state index in [1.807, 2.05) is 0 Å². The summed E-state index contributed by atoms with van der Waals surface area (Å²) in [4.78, 5) is 35.8. The van der Waals surface area contributed by atoms with Gasteiger partial charge in [0.05, 0.1) is 24.7 Å². The van der Waals surface area contributed by atoms with E-state index in [0.29, 0.717) is 4.31 Å². The normalized spacial score (nSPS) is 20.7. The molecule has 1 heterocycles. The summed E-state index contributed by atoms with van der Waals surface area (Å²) in [7, 11) is -4.42. The molecule has 2 amide bonds.